The number of fused-ring (bicyclic) bond motifs is 5. The average Bonchev–Trinajstić information content (AvgIpc) is 3.19. The number of hydrogen-bond acceptors (Lipinski definition) is 5. The van der Waals surface area contributed by atoms with Gasteiger partial charge in [0.05, 0.1) is 5.60 Å². The SMILES string of the molecule is C[C@@]12CC[C@H](O)C(=O)[C@@H]1CC[C@@H]1[C@@H]2CC[C@]2(C)[C@@H](C3=CC(=O)OC3)CC[C@]12O. The van der Waals surface area contributed by atoms with Crippen LogP contribution in [0.1, 0.15) is 65.2 Å². The number of Topliss-reactive ketones (excluding diaryl/α,β-unsaturated/α-hetero) is 1. The third-order valence-electron chi connectivity index (χ3n) is 9.82. The zero-order valence-corrected chi connectivity index (χ0v) is 16.9. The number of carbonyl (C=O) groups is 2. The molecule has 5 nitrogen and oxygen atoms in total. The first kappa shape index (κ1) is 18.8. The second-order valence-corrected chi connectivity index (χ2v) is 10.6. The average molecular weight is 389 g/mol. The molecule has 0 bridgehead atoms. The van der Waals surface area contributed by atoms with Crippen LogP contribution in [0.25, 0.3) is 0 Å². The van der Waals surface area contributed by atoms with Crippen LogP contribution in [0.4, 0.5) is 0 Å². The van der Waals surface area contributed by atoms with Gasteiger partial charge in [0.1, 0.15) is 12.7 Å². The lowest BCUT2D eigenvalue weighted by Gasteiger charge is -2.63. The Labute approximate surface area is 166 Å². The summed E-state index contributed by atoms with van der Waals surface area (Å²) in [5.41, 5.74) is -0.0481. The summed E-state index contributed by atoms with van der Waals surface area (Å²) in [6, 6.07) is 0. The van der Waals surface area contributed by atoms with Gasteiger partial charge in [-0.1, -0.05) is 13.8 Å². The van der Waals surface area contributed by atoms with Crippen molar-refractivity contribution < 1.29 is 24.5 Å². The highest BCUT2D eigenvalue weighted by Gasteiger charge is 2.68. The first-order chi connectivity index (χ1) is 13.2. The van der Waals surface area contributed by atoms with E-state index in [9.17, 15) is 19.8 Å². The third-order valence-corrected chi connectivity index (χ3v) is 9.82. The van der Waals surface area contributed by atoms with Gasteiger partial charge in [0.2, 0.25) is 0 Å². The molecule has 0 aromatic carbocycles. The third kappa shape index (κ3) is 2.21. The van der Waals surface area contributed by atoms with Crippen LogP contribution in [0.15, 0.2) is 11.6 Å². The zero-order valence-electron chi connectivity index (χ0n) is 16.9. The van der Waals surface area contributed by atoms with Gasteiger partial charge in [0.25, 0.3) is 0 Å². The number of aliphatic hydroxyl groups is 2. The predicted octanol–water partition coefficient (Wildman–Crippen LogP) is 2.78. The Morgan fingerprint density at radius 2 is 1.75 bits per heavy atom. The van der Waals surface area contributed by atoms with Gasteiger partial charge in [-0.05, 0) is 80.1 Å². The highest BCUT2D eigenvalue weighted by atomic mass is 16.5. The normalized spacial score (nSPS) is 53.1. The molecular formula is C23H32O5. The van der Waals surface area contributed by atoms with Crippen molar-refractivity contribution >= 4 is 11.8 Å². The summed E-state index contributed by atoms with van der Waals surface area (Å²) in [5.74, 6) is 0.434. The summed E-state index contributed by atoms with van der Waals surface area (Å²) in [7, 11) is 0. The lowest BCUT2D eigenvalue weighted by molar-refractivity contribution is -0.207. The molecule has 0 spiro atoms. The van der Waals surface area contributed by atoms with Gasteiger partial charge in [-0.3, -0.25) is 4.79 Å². The van der Waals surface area contributed by atoms with E-state index < -0.39 is 11.7 Å². The molecule has 8 atom stereocenters. The number of ether oxygens (including phenoxy) is 1. The molecule has 28 heavy (non-hydrogen) atoms. The van der Waals surface area contributed by atoms with Crippen LogP contribution in [0, 0.1) is 34.5 Å². The molecule has 0 saturated heterocycles. The number of carbonyl (C=O) groups excluding carboxylic acids is 2. The van der Waals surface area contributed by atoms with Gasteiger partial charge in [0.15, 0.2) is 5.78 Å². The fourth-order valence-electron chi connectivity index (χ4n) is 8.26. The second-order valence-electron chi connectivity index (χ2n) is 10.6. The lowest BCUT2D eigenvalue weighted by atomic mass is 9.43. The number of hydrogen-bond donors (Lipinski definition) is 2. The summed E-state index contributed by atoms with van der Waals surface area (Å²) in [5, 5.41) is 22.2. The zero-order chi connectivity index (χ0) is 19.9. The molecule has 1 heterocycles. The molecule has 5 heteroatoms. The summed E-state index contributed by atoms with van der Waals surface area (Å²) < 4.78 is 5.18. The van der Waals surface area contributed by atoms with Gasteiger partial charge in [-0.25, -0.2) is 4.79 Å². The van der Waals surface area contributed by atoms with E-state index >= 15 is 0 Å². The first-order valence-electron chi connectivity index (χ1n) is 11.0. The molecule has 4 fully saturated rings. The monoisotopic (exact) mass is 388 g/mol. The van der Waals surface area contributed by atoms with E-state index in [1.807, 2.05) is 0 Å². The quantitative estimate of drug-likeness (QED) is 0.675. The Balaban J connectivity index is 1.48. The van der Waals surface area contributed by atoms with Crippen LogP contribution >= 0.6 is 0 Å². The largest absolute Gasteiger partial charge is 0.458 e. The Morgan fingerprint density at radius 1 is 0.964 bits per heavy atom. The van der Waals surface area contributed by atoms with Gasteiger partial charge < -0.3 is 14.9 Å². The van der Waals surface area contributed by atoms with Gasteiger partial charge in [-0.2, -0.15) is 0 Å². The fraction of sp³-hybridized carbons (Fsp3) is 0.826. The fourth-order valence-corrected chi connectivity index (χ4v) is 8.26. The number of esters is 1. The maximum Gasteiger partial charge on any atom is 0.331 e. The summed E-state index contributed by atoms with van der Waals surface area (Å²) in [6.07, 6.45) is 7.50. The van der Waals surface area contributed by atoms with E-state index in [0.717, 1.165) is 50.5 Å². The van der Waals surface area contributed by atoms with Gasteiger partial charge in [-0.15, -0.1) is 0 Å². The number of rotatable bonds is 1. The van der Waals surface area contributed by atoms with Crippen molar-refractivity contribution in [3.05, 3.63) is 11.6 Å². The van der Waals surface area contributed by atoms with Crippen LogP contribution in [0.5, 0.6) is 0 Å². The van der Waals surface area contributed by atoms with E-state index in [2.05, 4.69) is 13.8 Å². The minimum absolute atomic E-state index is 0.0311. The molecule has 0 aromatic rings. The number of aliphatic hydroxyl groups excluding tert-OH is 1. The van der Waals surface area contributed by atoms with Gasteiger partial charge >= 0.3 is 5.97 Å². The molecule has 2 N–H and O–H groups in total. The maximum absolute atomic E-state index is 12.7. The van der Waals surface area contributed by atoms with E-state index in [1.165, 1.54) is 0 Å². The Morgan fingerprint density at radius 3 is 2.46 bits per heavy atom. The topological polar surface area (TPSA) is 83.8 Å². The van der Waals surface area contributed by atoms with Gasteiger partial charge in [0, 0.05) is 17.4 Å². The molecule has 1 aliphatic heterocycles. The standard InChI is InChI=1S/C23H32O5/c1-21-8-7-18(24)20(26)17(21)4-3-16-15(21)5-9-22(2)14(6-10-23(16,22)27)13-11-19(25)28-12-13/h11,14-18,24,27H,3-10,12H2,1-2H3/t14-,15+,16-,17+,18+,21+,22-,23+/m1/s1. The molecule has 0 amide bonds. The van der Waals surface area contributed by atoms with E-state index in [-0.39, 0.29) is 40.3 Å². The lowest BCUT2D eigenvalue weighted by Crippen LogP contribution is -2.63. The van der Waals surface area contributed by atoms with Crippen LogP contribution in [0.3, 0.4) is 0 Å². The van der Waals surface area contributed by atoms with Crippen molar-refractivity contribution in [2.24, 2.45) is 34.5 Å². The molecule has 154 valence electrons. The van der Waals surface area contributed by atoms with Crippen molar-refractivity contribution in [3.63, 3.8) is 0 Å². The Kier molecular flexibility index (Phi) is 3.97. The minimum Gasteiger partial charge on any atom is -0.458 e. The van der Waals surface area contributed by atoms with E-state index in [4.69, 9.17) is 4.74 Å². The summed E-state index contributed by atoms with van der Waals surface area (Å²) >= 11 is 0. The summed E-state index contributed by atoms with van der Waals surface area (Å²) in [6.45, 7) is 4.83. The Hall–Kier alpha value is -1.20. The molecule has 4 saturated carbocycles. The Bertz CT molecular complexity index is 758. The van der Waals surface area contributed by atoms with Crippen molar-refractivity contribution in [2.45, 2.75) is 76.9 Å². The molecule has 0 radical (unpaired) electrons. The molecule has 0 unspecified atom stereocenters. The van der Waals surface area contributed by atoms with E-state index in [0.29, 0.717) is 18.9 Å². The van der Waals surface area contributed by atoms with Crippen LogP contribution in [-0.4, -0.2) is 40.3 Å². The minimum atomic E-state index is -0.797. The molecule has 5 aliphatic rings. The van der Waals surface area contributed by atoms with Crippen molar-refractivity contribution in [2.75, 3.05) is 6.61 Å². The predicted molar refractivity (Wildman–Crippen MR) is 102 cm³/mol. The van der Waals surface area contributed by atoms with E-state index in [1.54, 1.807) is 6.08 Å². The summed E-state index contributed by atoms with van der Waals surface area (Å²) in [4.78, 5) is 24.3. The first-order valence-corrected chi connectivity index (χ1v) is 11.0. The number of cyclic esters (lactones) is 1. The van der Waals surface area contributed by atoms with Crippen molar-refractivity contribution in [1.29, 1.82) is 0 Å². The number of ketones is 1. The van der Waals surface area contributed by atoms with Crippen LogP contribution < -0.4 is 0 Å². The maximum atomic E-state index is 12.7. The molecule has 0 aromatic heterocycles. The highest BCUT2D eigenvalue weighted by molar-refractivity contribution is 5.87. The van der Waals surface area contributed by atoms with Crippen LogP contribution in [0.2, 0.25) is 0 Å². The van der Waals surface area contributed by atoms with Crippen molar-refractivity contribution in [3.8, 4) is 0 Å². The molecule has 5 rings (SSSR count). The second kappa shape index (κ2) is 5.91. The van der Waals surface area contributed by atoms with Crippen molar-refractivity contribution in [1.82, 2.24) is 0 Å². The highest BCUT2D eigenvalue weighted by Crippen LogP contribution is 2.69. The van der Waals surface area contributed by atoms with Crippen LogP contribution in [-0.2, 0) is 14.3 Å². The molecular weight excluding hydrogens is 356 g/mol. The smallest absolute Gasteiger partial charge is 0.331 e. The molecule has 4 aliphatic carbocycles.